The van der Waals surface area contributed by atoms with E-state index in [1.807, 2.05) is 42.5 Å². The summed E-state index contributed by atoms with van der Waals surface area (Å²) >= 11 is 0.923. The normalized spacial score (nSPS) is 15.0. The maximum Gasteiger partial charge on any atom is 0.298 e. The first-order chi connectivity index (χ1) is 14.7. The van der Waals surface area contributed by atoms with E-state index in [9.17, 15) is 9.59 Å². The number of anilines is 1. The minimum Gasteiger partial charge on any atom is -0.493 e. The Bertz CT molecular complexity index is 1100. The van der Waals surface area contributed by atoms with Gasteiger partial charge in [-0.15, -0.1) is 0 Å². The number of carbonyl (C=O) groups excluding carboxylic acids is 2. The minimum absolute atomic E-state index is 0.313. The summed E-state index contributed by atoms with van der Waals surface area (Å²) in [7, 11) is 1.57. The van der Waals surface area contributed by atoms with Crippen LogP contribution in [0.1, 0.15) is 11.1 Å². The number of hydrogen-bond acceptors (Lipinski definition) is 5. The van der Waals surface area contributed by atoms with Crippen molar-refractivity contribution in [3.8, 4) is 11.5 Å². The second-order valence-corrected chi connectivity index (χ2v) is 7.53. The van der Waals surface area contributed by atoms with Gasteiger partial charge in [-0.2, -0.15) is 0 Å². The first-order valence-electron chi connectivity index (χ1n) is 9.33. The van der Waals surface area contributed by atoms with Crippen LogP contribution in [0.3, 0.4) is 0 Å². The fourth-order valence-electron chi connectivity index (χ4n) is 3.05. The molecule has 1 aliphatic rings. The molecule has 0 bridgehead atoms. The van der Waals surface area contributed by atoms with Crippen LogP contribution in [-0.4, -0.2) is 18.3 Å². The van der Waals surface area contributed by atoms with Gasteiger partial charge in [-0.1, -0.05) is 54.6 Å². The molecule has 0 radical (unpaired) electrons. The minimum atomic E-state index is -0.334. The molecule has 30 heavy (non-hydrogen) atoms. The van der Waals surface area contributed by atoms with Gasteiger partial charge in [0, 0.05) is 0 Å². The molecule has 1 aliphatic heterocycles. The Balaban J connectivity index is 1.53. The van der Waals surface area contributed by atoms with Crippen LogP contribution >= 0.6 is 11.8 Å². The Morgan fingerprint density at radius 1 is 0.900 bits per heavy atom. The van der Waals surface area contributed by atoms with Crippen LogP contribution in [0.25, 0.3) is 6.08 Å². The number of amides is 2. The number of para-hydroxylation sites is 1. The Hall–Kier alpha value is -3.51. The van der Waals surface area contributed by atoms with Crippen molar-refractivity contribution in [1.82, 2.24) is 0 Å². The molecule has 1 fully saturated rings. The van der Waals surface area contributed by atoms with E-state index in [0.29, 0.717) is 28.7 Å². The van der Waals surface area contributed by atoms with Crippen molar-refractivity contribution in [1.29, 1.82) is 0 Å². The van der Waals surface area contributed by atoms with Crippen LogP contribution < -0.4 is 14.4 Å². The largest absolute Gasteiger partial charge is 0.493 e. The molecule has 0 unspecified atom stereocenters. The van der Waals surface area contributed by atoms with Gasteiger partial charge in [0.2, 0.25) is 0 Å². The van der Waals surface area contributed by atoms with Crippen molar-refractivity contribution in [2.45, 2.75) is 6.61 Å². The smallest absolute Gasteiger partial charge is 0.298 e. The van der Waals surface area contributed by atoms with Gasteiger partial charge in [-0.3, -0.25) is 9.59 Å². The maximum atomic E-state index is 12.8. The van der Waals surface area contributed by atoms with Gasteiger partial charge in [-0.25, -0.2) is 4.90 Å². The summed E-state index contributed by atoms with van der Waals surface area (Å²) in [5, 5.41) is -0.313. The van der Waals surface area contributed by atoms with Crippen LogP contribution in [0.5, 0.6) is 11.5 Å². The van der Waals surface area contributed by atoms with E-state index in [1.54, 1.807) is 49.6 Å². The number of hydrogen-bond donors (Lipinski definition) is 0. The average Bonchev–Trinajstić information content (AvgIpc) is 3.06. The SMILES string of the molecule is COc1cc(/C=C2\SC(=O)N(c3ccccc3)C2=O)ccc1OCc1ccccc1. The van der Waals surface area contributed by atoms with Gasteiger partial charge < -0.3 is 9.47 Å². The van der Waals surface area contributed by atoms with Crippen molar-refractivity contribution >= 4 is 34.7 Å². The molecular weight excluding hydrogens is 398 g/mol. The molecule has 3 aromatic carbocycles. The first kappa shape index (κ1) is 19.8. The summed E-state index contributed by atoms with van der Waals surface area (Å²) < 4.78 is 11.3. The number of nitrogens with zero attached hydrogens (tertiary/aromatic N) is 1. The quantitative estimate of drug-likeness (QED) is 0.495. The van der Waals surface area contributed by atoms with E-state index in [1.165, 1.54) is 4.90 Å². The summed E-state index contributed by atoms with van der Waals surface area (Å²) in [4.78, 5) is 26.7. The Kier molecular flexibility index (Phi) is 5.86. The molecule has 1 heterocycles. The lowest BCUT2D eigenvalue weighted by molar-refractivity contribution is -0.113. The third-order valence-electron chi connectivity index (χ3n) is 4.53. The van der Waals surface area contributed by atoms with Gasteiger partial charge in [0.25, 0.3) is 11.1 Å². The van der Waals surface area contributed by atoms with Crippen molar-refractivity contribution in [3.05, 3.63) is 94.9 Å². The molecule has 5 nitrogen and oxygen atoms in total. The molecule has 2 amide bonds. The highest BCUT2D eigenvalue weighted by Gasteiger charge is 2.36. The number of methoxy groups -OCH3 is 1. The van der Waals surface area contributed by atoms with Crippen LogP contribution in [0.15, 0.2) is 83.8 Å². The van der Waals surface area contributed by atoms with Crippen LogP contribution in [0.2, 0.25) is 0 Å². The summed E-state index contributed by atoms with van der Waals surface area (Å²) in [5.41, 5.74) is 2.36. The summed E-state index contributed by atoms with van der Waals surface area (Å²) in [6.07, 6.45) is 1.69. The van der Waals surface area contributed by atoms with E-state index in [2.05, 4.69) is 0 Å². The zero-order chi connectivity index (χ0) is 20.9. The molecule has 150 valence electrons. The molecule has 0 atom stereocenters. The fourth-order valence-corrected chi connectivity index (χ4v) is 3.89. The van der Waals surface area contributed by atoms with Gasteiger partial charge in [0.1, 0.15) is 6.61 Å². The number of ether oxygens (including phenoxy) is 2. The molecule has 0 spiro atoms. The summed E-state index contributed by atoms with van der Waals surface area (Å²) in [6.45, 7) is 0.423. The third kappa shape index (κ3) is 4.23. The molecule has 0 N–H and O–H groups in total. The van der Waals surface area contributed by atoms with Gasteiger partial charge in [0.15, 0.2) is 11.5 Å². The predicted octanol–water partition coefficient (Wildman–Crippen LogP) is 5.52. The highest BCUT2D eigenvalue weighted by molar-refractivity contribution is 8.19. The summed E-state index contributed by atoms with van der Waals surface area (Å²) in [6, 6.07) is 24.2. The molecule has 1 saturated heterocycles. The van der Waals surface area contributed by atoms with Crippen molar-refractivity contribution in [3.63, 3.8) is 0 Å². The highest BCUT2D eigenvalue weighted by Crippen LogP contribution is 2.37. The number of thioether (sulfide) groups is 1. The molecule has 3 aromatic rings. The van der Waals surface area contributed by atoms with Gasteiger partial charge in [-0.05, 0) is 53.2 Å². The molecule has 6 heteroatoms. The maximum absolute atomic E-state index is 12.8. The van der Waals surface area contributed by atoms with Crippen LogP contribution in [0.4, 0.5) is 10.5 Å². The van der Waals surface area contributed by atoms with Gasteiger partial charge >= 0.3 is 0 Å². The second-order valence-electron chi connectivity index (χ2n) is 6.54. The topological polar surface area (TPSA) is 55.8 Å². The van der Waals surface area contributed by atoms with Crippen LogP contribution in [-0.2, 0) is 11.4 Å². The van der Waals surface area contributed by atoms with Crippen molar-refractivity contribution in [2.24, 2.45) is 0 Å². The van der Waals surface area contributed by atoms with E-state index >= 15 is 0 Å². The Labute approximate surface area is 178 Å². The zero-order valence-corrected chi connectivity index (χ0v) is 17.1. The lowest BCUT2D eigenvalue weighted by Crippen LogP contribution is -2.27. The van der Waals surface area contributed by atoms with E-state index in [4.69, 9.17) is 9.47 Å². The van der Waals surface area contributed by atoms with E-state index < -0.39 is 0 Å². The number of imide groups is 1. The number of rotatable bonds is 6. The molecule has 4 rings (SSSR count). The summed E-state index contributed by atoms with van der Waals surface area (Å²) in [5.74, 6) is 0.831. The second kappa shape index (κ2) is 8.88. The number of carbonyl (C=O) groups is 2. The fraction of sp³-hybridized carbons (Fsp3) is 0.0833. The third-order valence-corrected chi connectivity index (χ3v) is 5.40. The van der Waals surface area contributed by atoms with E-state index in [-0.39, 0.29) is 11.1 Å². The zero-order valence-electron chi connectivity index (χ0n) is 16.3. The monoisotopic (exact) mass is 417 g/mol. The Morgan fingerprint density at radius 2 is 1.60 bits per heavy atom. The van der Waals surface area contributed by atoms with Crippen molar-refractivity contribution < 1.29 is 19.1 Å². The number of benzene rings is 3. The first-order valence-corrected chi connectivity index (χ1v) is 10.1. The molecular formula is C24H19NO4S. The van der Waals surface area contributed by atoms with Crippen LogP contribution in [0, 0.1) is 0 Å². The lowest BCUT2D eigenvalue weighted by atomic mass is 10.1. The molecule has 0 aromatic heterocycles. The van der Waals surface area contributed by atoms with Gasteiger partial charge in [0.05, 0.1) is 17.7 Å². The standard InChI is InChI=1S/C24H19NO4S/c1-28-21-14-18(12-13-20(21)29-16-17-8-4-2-5-9-17)15-22-23(26)25(24(27)30-22)19-10-6-3-7-11-19/h2-15H,16H2,1H3/b22-15-. The predicted molar refractivity (Wildman–Crippen MR) is 119 cm³/mol. The molecule has 0 aliphatic carbocycles. The molecule has 0 saturated carbocycles. The van der Waals surface area contributed by atoms with E-state index in [0.717, 1.165) is 22.9 Å². The highest BCUT2D eigenvalue weighted by atomic mass is 32.2. The Morgan fingerprint density at radius 3 is 2.30 bits per heavy atom. The average molecular weight is 417 g/mol. The lowest BCUT2D eigenvalue weighted by Gasteiger charge is -2.12. The van der Waals surface area contributed by atoms with Crippen molar-refractivity contribution in [2.75, 3.05) is 12.0 Å².